The lowest BCUT2D eigenvalue weighted by molar-refractivity contribution is -0.0719. The molecule has 22 heavy (non-hydrogen) atoms. The highest BCUT2D eigenvalue weighted by Crippen LogP contribution is 2.26. The molecule has 5 nitrogen and oxygen atoms in total. The summed E-state index contributed by atoms with van der Waals surface area (Å²) in [6.07, 6.45) is 7.54. The maximum absolute atomic E-state index is 12.4. The van der Waals surface area contributed by atoms with Gasteiger partial charge >= 0.3 is 6.03 Å². The quantitative estimate of drug-likeness (QED) is 0.746. The van der Waals surface area contributed by atoms with Crippen LogP contribution in [0.25, 0.3) is 0 Å². The Kier molecular flexibility index (Phi) is 6.68. The first-order valence-electron chi connectivity index (χ1n) is 8.02. The van der Waals surface area contributed by atoms with E-state index in [2.05, 4.69) is 0 Å². The number of hydrogen-bond acceptors (Lipinski definition) is 3. The summed E-state index contributed by atoms with van der Waals surface area (Å²) in [7, 11) is 3.03. The fourth-order valence-corrected chi connectivity index (χ4v) is 2.80. The molecule has 1 aliphatic rings. The highest BCUT2D eigenvalue weighted by Gasteiger charge is 2.22. The van der Waals surface area contributed by atoms with Gasteiger partial charge in [-0.05, 0) is 24.5 Å². The Hall–Kier alpha value is -1.59. The Morgan fingerprint density at radius 3 is 2.50 bits per heavy atom. The van der Waals surface area contributed by atoms with Crippen LogP contribution in [0.2, 0.25) is 0 Å². The van der Waals surface area contributed by atoms with Crippen molar-refractivity contribution in [1.29, 1.82) is 0 Å². The minimum Gasteiger partial charge on any atom is -0.273 e. The van der Waals surface area contributed by atoms with E-state index < -0.39 is 0 Å². The molecule has 1 saturated carbocycles. The van der Waals surface area contributed by atoms with Gasteiger partial charge < -0.3 is 0 Å². The van der Waals surface area contributed by atoms with Gasteiger partial charge in [0.25, 0.3) is 0 Å². The van der Waals surface area contributed by atoms with Gasteiger partial charge in [-0.25, -0.2) is 9.86 Å². The molecular formula is C17H26N2O3. The van der Waals surface area contributed by atoms with Gasteiger partial charge in [-0.15, -0.1) is 0 Å². The molecule has 0 spiro atoms. The third-order valence-electron chi connectivity index (χ3n) is 4.18. The Morgan fingerprint density at radius 1 is 1.18 bits per heavy atom. The molecule has 0 heterocycles. The summed E-state index contributed by atoms with van der Waals surface area (Å²) in [5.74, 6) is 0.724. The molecule has 2 amide bonds. The molecular weight excluding hydrogens is 280 g/mol. The van der Waals surface area contributed by atoms with Crippen LogP contribution < -0.4 is 5.06 Å². The number of benzene rings is 1. The predicted molar refractivity (Wildman–Crippen MR) is 86.2 cm³/mol. The van der Waals surface area contributed by atoms with Gasteiger partial charge in [0.1, 0.15) is 0 Å². The summed E-state index contributed by atoms with van der Waals surface area (Å²) in [5, 5.41) is 2.47. The van der Waals surface area contributed by atoms with Crippen molar-refractivity contribution in [1.82, 2.24) is 5.06 Å². The Bertz CT molecular complexity index is 446. The van der Waals surface area contributed by atoms with Crippen molar-refractivity contribution < 1.29 is 14.5 Å². The van der Waals surface area contributed by atoms with E-state index in [1.165, 1.54) is 44.3 Å². The molecule has 0 N–H and O–H groups in total. The molecule has 0 atom stereocenters. The number of hydroxylamine groups is 3. The van der Waals surface area contributed by atoms with Gasteiger partial charge in [0.2, 0.25) is 0 Å². The average Bonchev–Trinajstić information content (AvgIpc) is 2.59. The molecule has 1 aromatic rings. The second-order valence-electron chi connectivity index (χ2n) is 5.72. The fourth-order valence-electron chi connectivity index (χ4n) is 2.80. The molecule has 0 saturated heterocycles. The van der Waals surface area contributed by atoms with Crippen LogP contribution in [0.15, 0.2) is 30.3 Å². The molecule has 0 radical (unpaired) electrons. The summed E-state index contributed by atoms with van der Waals surface area (Å²) >= 11 is 0. The van der Waals surface area contributed by atoms with Gasteiger partial charge in [0.15, 0.2) is 0 Å². The topological polar surface area (TPSA) is 42.0 Å². The first-order valence-corrected chi connectivity index (χ1v) is 8.02. The number of amides is 2. The Morgan fingerprint density at radius 2 is 1.86 bits per heavy atom. The van der Waals surface area contributed by atoms with Crippen molar-refractivity contribution in [2.75, 3.05) is 25.8 Å². The number of carbonyl (C=O) groups excluding carboxylic acids is 1. The van der Waals surface area contributed by atoms with Crippen LogP contribution in [0.4, 0.5) is 10.5 Å². The van der Waals surface area contributed by atoms with E-state index in [4.69, 9.17) is 9.68 Å². The third kappa shape index (κ3) is 4.71. The lowest BCUT2D eigenvalue weighted by atomic mass is 9.87. The summed E-state index contributed by atoms with van der Waals surface area (Å²) in [5.41, 5.74) is 0.708. The molecule has 2 rings (SSSR count). The molecule has 1 aliphatic carbocycles. The van der Waals surface area contributed by atoms with Gasteiger partial charge in [-0.3, -0.25) is 9.68 Å². The van der Waals surface area contributed by atoms with Crippen LogP contribution >= 0.6 is 0 Å². The summed E-state index contributed by atoms with van der Waals surface area (Å²) in [6, 6.07) is 9.04. The zero-order valence-electron chi connectivity index (χ0n) is 13.5. The van der Waals surface area contributed by atoms with E-state index >= 15 is 0 Å². The van der Waals surface area contributed by atoms with Gasteiger partial charge in [0.05, 0.1) is 19.4 Å². The highest BCUT2D eigenvalue weighted by molar-refractivity contribution is 5.88. The number of carbonyl (C=O) groups is 1. The Balaban J connectivity index is 1.94. The van der Waals surface area contributed by atoms with Gasteiger partial charge in [0, 0.05) is 7.05 Å². The number of hydrogen-bond donors (Lipinski definition) is 0. The minimum atomic E-state index is -0.336. The largest absolute Gasteiger partial charge is 0.372 e. The number of rotatable bonds is 6. The number of nitrogens with zero attached hydrogens (tertiary/aromatic N) is 2. The summed E-state index contributed by atoms with van der Waals surface area (Å²) in [6.45, 7) is 0.544. The zero-order chi connectivity index (χ0) is 15.8. The maximum Gasteiger partial charge on any atom is 0.372 e. The maximum atomic E-state index is 12.4. The number of urea groups is 1. The SMILES string of the molecule is CON(C)C(=O)N(OCCC1CCCCC1)c1ccccc1. The van der Waals surface area contributed by atoms with Crippen molar-refractivity contribution in [3.05, 3.63) is 30.3 Å². The van der Waals surface area contributed by atoms with Crippen molar-refractivity contribution in [2.24, 2.45) is 5.92 Å². The third-order valence-corrected chi connectivity index (χ3v) is 4.18. The van der Waals surface area contributed by atoms with Crippen LogP contribution in [0.1, 0.15) is 38.5 Å². The van der Waals surface area contributed by atoms with Crippen molar-refractivity contribution in [3.63, 3.8) is 0 Å². The zero-order valence-corrected chi connectivity index (χ0v) is 13.5. The first-order chi connectivity index (χ1) is 10.7. The standard InChI is InChI=1S/C17H26N2O3/c1-18(21-2)17(20)19(16-11-7-4-8-12-16)22-14-13-15-9-5-3-6-10-15/h4,7-8,11-12,15H,3,5-6,9-10,13-14H2,1-2H3. The molecule has 0 aromatic heterocycles. The highest BCUT2D eigenvalue weighted by atomic mass is 16.7. The van der Waals surface area contributed by atoms with Crippen molar-refractivity contribution >= 4 is 11.7 Å². The van der Waals surface area contributed by atoms with E-state index in [1.807, 2.05) is 30.3 Å². The number of para-hydroxylation sites is 1. The average molecular weight is 306 g/mol. The lowest BCUT2D eigenvalue weighted by Crippen LogP contribution is -2.41. The van der Waals surface area contributed by atoms with Crippen molar-refractivity contribution in [2.45, 2.75) is 38.5 Å². The van der Waals surface area contributed by atoms with E-state index in [0.717, 1.165) is 17.4 Å². The molecule has 122 valence electrons. The second kappa shape index (κ2) is 8.76. The first kappa shape index (κ1) is 16.8. The fraction of sp³-hybridized carbons (Fsp3) is 0.588. The van der Waals surface area contributed by atoms with Crippen molar-refractivity contribution in [3.8, 4) is 0 Å². The molecule has 1 aromatic carbocycles. The van der Waals surface area contributed by atoms with E-state index in [9.17, 15) is 4.79 Å². The molecule has 0 bridgehead atoms. The van der Waals surface area contributed by atoms with Gasteiger partial charge in [-0.1, -0.05) is 50.3 Å². The van der Waals surface area contributed by atoms with Gasteiger partial charge in [-0.2, -0.15) is 5.06 Å². The van der Waals surface area contributed by atoms with Crippen LogP contribution in [0.5, 0.6) is 0 Å². The van der Waals surface area contributed by atoms with E-state index in [-0.39, 0.29) is 6.03 Å². The second-order valence-corrected chi connectivity index (χ2v) is 5.72. The molecule has 0 unspecified atom stereocenters. The van der Waals surface area contributed by atoms with Crippen LogP contribution in [0.3, 0.4) is 0 Å². The smallest absolute Gasteiger partial charge is 0.273 e. The molecule has 5 heteroatoms. The number of anilines is 1. The van der Waals surface area contributed by atoms with E-state index in [1.54, 1.807) is 7.05 Å². The Labute approximate surface area is 132 Å². The predicted octanol–water partition coefficient (Wildman–Crippen LogP) is 4.01. The van der Waals surface area contributed by atoms with E-state index in [0.29, 0.717) is 12.3 Å². The molecule has 0 aliphatic heterocycles. The minimum absolute atomic E-state index is 0.336. The van der Waals surface area contributed by atoms with Crippen LogP contribution in [0, 0.1) is 5.92 Å². The lowest BCUT2D eigenvalue weighted by Gasteiger charge is -2.27. The van der Waals surface area contributed by atoms with Crippen LogP contribution in [-0.2, 0) is 9.68 Å². The normalized spacial score (nSPS) is 15.5. The monoisotopic (exact) mass is 306 g/mol. The summed E-state index contributed by atoms with van der Waals surface area (Å²) in [4.78, 5) is 23.1. The summed E-state index contributed by atoms with van der Waals surface area (Å²) < 4.78 is 0. The molecule has 1 fully saturated rings. The van der Waals surface area contributed by atoms with Crippen LogP contribution in [-0.4, -0.2) is 31.9 Å².